The molecule has 1 aliphatic heterocycles. The molecule has 0 radical (unpaired) electrons. The first-order valence-electron chi connectivity index (χ1n) is 8.85. The topological polar surface area (TPSA) is 53.0 Å². The van der Waals surface area contributed by atoms with Gasteiger partial charge in [-0.25, -0.2) is 5.01 Å². The molecule has 5 nitrogen and oxygen atoms in total. The van der Waals surface area contributed by atoms with E-state index in [4.69, 9.17) is 0 Å². The van der Waals surface area contributed by atoms with Gasteiger partial charge in [-0.1, -0.05) is 24.3 Å². The first-order valence-corrected chi connectivity index (χ1v) is 8.85. The van der Waals surface area contributed by atoms with Crippen LogP contribution in [0.3, 0.4) is 0 Å². The monoisotopic (exact) mass is 349 g/mol. The van der Waals surface area contributed by atoms with Gasteiger partial charge in [0.25, 0.3) is 5.91 Å². The minimum Gasteiger partial charge on any atom is -0.308 e. The fourth-order valence-electron chi connectivity index (χ4n) is 3.18. The SMILES string of the molecule is CCN(C(=O)C1=NN(c2ccccc2)C(=O)CC1)c1cc(C)cc(C)c1. The second-order valence-electron chi connectivity index (χ2n) is 6.48. The van der Waals surface area contributed by atoms with Crippen molar-refractivity contribution in [1.29, 1.82) is 0 Å². The molecule has 2 aromatic rings. The highest BCUT2D eigenvalue weighted by atomic mass is 16.2. The van der Waals surface area contributed by atoms with Crippen LogP contribution >= 0.6 is 0 Å². The van der Waals surface area contributed by atoms with E-state index in [1.807, 2.05) is 63.2 Å². The van der Waals surface area contributed by atoms with Crippen LogP contribution in [0.15, 0.2) is 53.6 Å². The number of rotatable bonds is 4. The summed E-state index contributed by atoms with van der Waals surface area (Å²) < 4.78 is 0. The molecule has 0 saturated heterocycles. The van der Waals surface area contributed by atoms with E-state index in [1.165, 1.54) is 5.01 Å². The van der Waals surface area contributed by atoms with Crippen LogP contribution in [-0.2, 0) is 9.59 Å². The zero-order chi connectivity index (χ0) is 18.7. The molecule has 0 unspecified atom stereocenters. The number of benzene rings is 2. The number of nitrogens with zero attached hydrogens (tertiary/aromatic N) is 3. The lowest BCUT2D eigenvalue weighted by Crippen LogP contribution is -2.41. The van der Waals surface area contributed by atoms with Crippen LogP contribution in [0.5, 0.6) is 0 Å². The second kappa shape index (κ2) is 7.52. The maximum absolute atomic E-state index is 13.1. The van der Waals surface area contributed by atoms with Gasteiger partial charge in [0.15, 0.2) is 0 Å². The average molecular weight is 349 g/mol. The minimum atomic E-state index is -0.147. The van der Waals surface area contributed by atoms with Crippen LogP contribution in [0.1, 0.15) is 30.9 Å². The van der Waals surface area contributed by atoms with Gasteiger partial charge in [0.2, 0.25) is 5.91 Å². The van der Waals surface area contributed by atoms with E-state index < -0.39 is 0 Å². The number of carbonyl (C=O) groups excluding carboxylic acids is 2. The van der Waals surface area contributed by atoms with Gasteiger partial charge in [-0.3, -0.25) is 9.59 Å². The lowest BCUT2D eigenvalue weighted by molar-refractivity contribution is -0.118. The number of aryl methyl sites for hydroxylation is 2. The van der Waals surface area contributed by atoms with E-state index in [0.29, 0.717) is 24.4 Å². The Balaban J connectivity index is 1.93. The van der Waals surface area contributed by atoms with Crippen LogP contribution < -0.4 is 9.91 Å². The molecule has 2 amide bonds. The van der Waals surface area contributed by atoms with Crippen LogP contribution in [-0.4, -0.2) is 24.1 Å². The molecule has 0 saturated carbocycles. The Morgan fingerprint density at radius 1 is 1.08 bits per heavy atom. The number of carbonyl (C=O) groups is 2. The molecule has 0 atom stereocenters. The number of anilines is 2. The average Bonchev–Trinajstić information content (AvgIpc) is 2.62. The Morgan fingerprint density at radius 2 is 1.73 bits per heavy atom. The smallest absolute Gasteiger partial charge is 0.274 e. The van der Waals surface area contributed by atoms with Crippen molar-refractivity contribution >= 4 is 28.9 Å². The van der Waals surface area contributed by atoms with Crippen LogP contribution in [0.2, 0.25) is 0 Å². The molecular weight excluding hydrogens is 326 g/mol. The van der Waals surface area contributed by atoms with E-state index in [1.54, 1.807) is 4.90 Å². The van der Waals surface area contributed by atoms with Crippen molar-refractivity contribution in [3.63, 3.8) is 0 Å². The van der Waals surface area contributed by atoms with Gasteiger partial charge in [-0.15, -0.1) is 0 Å². The lowest BCUT2D eigenvalue weighted by Gasteiger charge is -2.27. The van der Waals surface area contributed by atoms with Gasteiger partial charge in [0.1, 0.15) is 5.71 Å². The summed E-state index contributed by atoms with van der Waals surface area (Å²) in [7, 11) is 0. The Kier molecular flexibility index (Phi) is 5.16. The van der Waals surface area contributed by atoms with Crippen LogP contribution in [0.4, 0.5) is 11.4 Å². The summed E-state index contributed by atoms with van der Waals surface area (Å²) >= 11 is 0. The number of hydrazone groups is 1. The fourth-order valence-corrected chi connectivity index (χ4v) is 3.18. The fraction of sp³-hybridized carbons (Fsp3) is 0.286. The maximum atomic E-state index is 13.1. The summed E-state index contributed by atoms with van der Waals surface area (Å²) in [5.41, 5.74) is 4.17. The zero-order valence-corrected chi connectivity index (χ0v) is 15.4. The highest BCUT2D eigenvalue weighted by molar-refractivity contribution is 6.44. The number of hydrogen-bond acceptors (Lipinski definition) is 3. The molecule has 1 heterocycles. The summed E-state index contributed by atoms with van der Waals surface area (Å²) in [5, 5.41) is 5.72. The minimum absolute atomic E-state index is 0.0952. The van der Waals surface area contributed by atoms with E-state index in [9.17, 15) is 9.59 Å². The summed E-state index contributed by atoms with van der Waals surface area (Å²) in [6.45, 7) is 6.52. The highest BCUT2D eigenvalue weighted by Crippen LogP contribution is 2.23. The van der Waals surface area contributed by atoms with E-state index in [-0.39, 0.29) is 18.2 Å². The second-order valence-corrected chi connectivity index (χ2v) is 6.48. The predicted molar refractivity (Wildman–Crippen MR) is 105 cm³/mol. The van der Waals surface area contributed by atoms with Crippen molar-refractivity contribution in [3.05, 3.63) is 59.7 Å². The summed E-state index contributed by atoms with van der Waals surface area (Å²) in [4.78, 5) is 27.1. The molecule has 0 aliphatic carbocycles. The van der Waals surface area contributed by atoms with E-state index in [2.05, 4.69) is 11.2 Å². The van der Waals surface area contributed by atoms with Crippen LogP contribution in [0.25, 0.3) is 0 Å². The number of amides is 2. The standard InChI is InChI=1S/C21H23N3O2/c1-4-23(18-13-15(2)12-16(3)14-18)21(26)19-10-11-20(25)24(22-19)17-8-6-5-7-9-17/h5-9,12-14H,4,10-11H2,1-3H3. The third-order valence-corrected chi connectivity index (χ3v) is 4.36. The Labute approximate surface area is 153 Å². The molecule has 3 rings (SSSR count). The van der Waals surface area contributed by atoms with Gasteiger partial charge in [0, 0.05) is 25.1 Å². The molecular formula is C21H23N3O2. The molecule has 1 aliphatic rings. The molecule has 0 aromatic heterocycles. The Bertz CT molecular complexity index is 839. The molecule has 0 N–H and O–H groups in total. The van der Waals surface area contributed by atoms with Crippen molar-refractivity contribution in [2.24, 2.45) is 5.10 Å². The number of hydrogen-bond donors (Lipinski definition) is 0. The van der Waals surface area contributed by atoms with Gasteiger partial charge in [-0.05, 0) is 56.2 Å². The van der Waals surface area contributed by atoms with E-state index >= 15 is 0 Å². The Hall–Kier alpha value is -2.95. The third-order valence-electron chi connectivity index (χ3n) is 4.36. The molecule has 5 heteroatoms. The molecule has 134 valence electrons. The predicted octanol–water partition coefficient (Wildman–Crippen LogP) is 3.84. The van der Waals surface area contributed by atoms with Gasteiger partial charge in [0.05, 0.1) is 5.69 Å². The normalized spacial score (nSPS) is 14.2. The van der Waals surface area contributed by atoms with Crippen molar-refractivity contribution in [3.8, 4) is 0 Å². The molecule has 0 fully saturated rings. The first-order chi connectivity index (χ1) is 12.5. The van der Waals surface area contributed by atoms with Crippen molar-refractivity contribution < 1.29 is 9.59 Å². The lowest BCUT2D eigenvalue weighted by atomic mass is 10.1. The van der Waals surface area contributed by atoms with Crippen molar-refractivity contribution in [2.45, 2.75) is 33.6 Å². The Morgan fingerprint density at radius 3 is 2.35 bits per heavy atom. The van der Waals surface area contributed by atoms with Crippen molar-refractivity contribution in [2.75, 3.05) is 16.5 Å². The largest absolute Gasteiger partial charge is 0.308 e. The van der Waals surface area contributed by atoms with Gasteiger partial charge >= 0.3 is 0 Å². The summed E-state index contributed by atoms with van der Waals surface area (Å²) in [6.07, 6.45) is 0.645. The quantitative estimate of drug-likeness (QED) is 0.842. The first kappa shape index (κ1) is 17.9. The van der Waals surface area contributed by atoms with Gasteiger partial charge in [-0.2, -0.15) is 5.10 Å². The molecule has 0 spiro atoms. The highest BCUT2D eigenvalue weighted by Gasteiger charge is 2.28. The van der Waals surface area contributed by atoms with Gasteiger partial charge < -0.3 is 4.90 Å². The number of para-hydroxylation sites is 1. The molecule has 26 heavy (non-hydrogen) atoms. The summed E-state index contributed by atoms with van der Waals surface area (Å²) in [5.74, 6) is -0.242. The summed E-state index contributed by atoms with van der Waals surface area (Å²) in [6, 6.07) is 15.3. The zero-order valence-electron chi connectivity index (χ0n) is 15.4. The van der Waals surface area contributed by atoms with Crippen LogP contribution in [0, 0.1) is 13.8 Å². The molecule has 0 bridgehead atoms. The van der Waals surface area contributed by atoms with Crippen molar-refractivity contribution in [1.82, 2.24) is 0 Å². The van der Waals surface area contributed by atoms with E-state index in [0.717, 1.165) is 16.8 Å². The molecule has 2 aromatic carbocycles. The third kappa shape index (κ3) is 3.67. The maximum Gasteiger partial charge on any atom is 0.274 e.